The molecule has 7 heteroatoms. The zero-order valence-electron chi connectivity index (χ0n) is 11.8. The Morgan fingerprint density at radius 3 is 2.57 bits per heavy atom. The summed E-state index contributed by atoms with van der Waals surface area (Å²) >= 11 is 0. The fourth-order valence-corrected chi connectivity index (χ4v) is 1.78. The van der Waals surface area contributed by atoms with E-state index in [1.165, 1.54) is 12.4 Å². The molecule has 7 nitrogen and oxygen atoms in total. The predicted molar refractivity (Wildman–Crippen MR) is 77.2 cm³/mol. The average molecular weight is 288 g/mol. The topological polar surface area (TPSA) is 99.4 Å². The Bertz CT molecular complexity index is 646. The number of carbonyl (C=O) groups is 1. The number of nitrogens with one attached hydrogen (secondary N) is 1. The minimum Gasteiger partial charge on any atom is -0.493 e. The van der Waals surface area contributed by atoms with E-state index in [0.717, 1.165) is 5.56 Å². The summed E-state index contributed by atoms with van der Waals surface area (Å²) in [4.78, 5) is 19.7. The molecule has 0 radical (unpaired) electrons. The van der Waals surface area contributed by atoms with Crippen molar-refractivity contribution in [2.75, 3.05) is 20.0 Å². The number of methoxy groups -OCH3 is 2. The number of nitrogens with two attached hydrogens (primary N) is 1. The van der Waals surface area contributed by atoms with E-state index in [9.17, 15) is 4.79 Å². The lowest BCUT2D eigenvalue weighted by atomic mass is 10.2. The highest BCUT2D eigenvalue weighted by atomic mass is 16.5. The Morgan fingerprint density at radius 1 is 1.19 bits per heavy atom. The van der Waals surface area contributed by atoms with Crippen molar-refractivity contribution in [1.82, 2.24) is 15.3 Å². The third-order valence-corrected chi connectivity index (χ3v) is 2.84. The van der Waals surface area contributed by atoms with Crippen LogP contribution in [0, 0.1) is 0 Å². The largest absolute Gasteiger partial charge is 0.493 e. The number of hydrogen-bond donors (Lipinski definition) is 2. The van der Waals surface area contributed by atoms with Crippen LogP contribution < -0.4 is 20.5 Å². The van der Waals surface area contributed by atoms with Crippen LogP contribution >= 0.6 is 0 Å². The summed E-state index contributed by atoms with van der Waals surface area (Å²) < 4.78 is 10.4. The van der Waals surface area contributed by atoms with Gasteiger partial charge in [-0.25, -0.2) is 9.97 Å². The molecule has 1 heterocycles. The van der Waals surface area contributed by atoms with Crippen LogP contribution in [0.4, 0.5) is 5.82 Å². The van der Waals surface area contributed by atoms with Crippen molar-refractivity contribution in [1.29, 1.82) is 0 Å². The van der Waals surface area contributed by atoms with Gasteiger partial charge in [-0.2, -0.15) is 0 Å². The summed E-state index contributed by atoms with van der Waals surface area (Å²) in [5.41, 5.74) is 6.58. The van der Waals surface area contributed by atoms with Crippen molar-refractivity contribution in [3.63, 3.8) is 0 Å². The SMILES string of the molecule is COc1ccc(CNC(=O)c2nccnc2N)cc1OC. The first-order valence-corrected chi connectivity index (χ1v) is 6.21. The first kappa shape index (κ1) is 14.6. The highest BCUT2D eigenvalue weighted by molar-refractivity contribution is 5.96. The molecule has 0 saturated heterocycles. The number of nitrogens with zero attached hydrogens (tertiary/aromatic N) is 2. The minimum atomic E-state index is -0.379. The Balaban J connectivity index is 2.06. The smallest absolute Gasteiger partial charge is 0.273 e. The van der Waals surface area contributed by atoms with Gasteiger partial charge in [0.2, 0.25) is 0 Å². The van der Waals surface area contributed by atoms with E-state index in [0.29, 0.717) is 18.0 Å². The van der Waals surface area contributed by atoms with Crippen LogP contribution in [0.15, 0.2) is 30.6 Å². The van der Waals surface area contributed by atoms with Crippen LogP contribution in [0.1, 0.15) is 16.1 Å². The lowest BCUT2D eigenvalue weighted by Crippen LogP contribution is -2.25. The first-order chi connectivity index (χ1) is 10.2. The fraction of sp³-hybridized carbons (Fsp3) is 0.214. The molecule has 0 aliphatic carbocycles. The van der Waals surface area contributed by atoms with Gasteiger partial charge in [0.1, 0.15) is 0 Å². The number of aromatic nitrogens is 2. The van der Waals surface area contributed by atoms with Crippen LogP contribution in [0.5, 0.6) is 11.5 Å². The van der Waals surface area contributed by atoms with Gasteiger partial charge < -0.3 is 20.5 Å². The number of amides is 1. The number of carbonyl (C=O) groups excluding carboxylic acids is 1. The van der Waals surface area contributed by atoms with Crippen molar-refractivity contribution in [2.24, 2.45) is 0 Å². The number of anilines is 1. The minimum absolute atomic E-state index is 0.0994. The average Bonchev–Trinajstić information content (AvgIpc) is 2.52. The molecule has 0 bridgehead atoms. The van der Waals surface area contributed by atoms with Gasteiger partial charge in [-0.05, 0) is 17.7 Å². The van der Waals surface area contributed by atoms with Crippen molar-refractivity contribution in [3.05, 3.63) is 41.9 Å². The van der Waals surface area contributed by atoms with Gasteiger partial charge >= 0.3 is 0 Å². The molecule has 110 valence electrons. The molecular formula is C14H16N4O3. The van der Waals surface area contributed by atoms with Gasteiger partial charge in [-0.15, -0.1) is 0 Å². The number of nitrogen functional groups attached to an aromatic ring is 1. The van der Waals surface area contributed by atoms with Crippen LogP contribution in [-0.4, -0.2) is 30.1 Å². The third kappa shape index (κ3) is 3.38. The molecule has 1 aromatic carbocycles. The van der Waals surface area contributed by atoms with Gasteiger partial charge in [-0.1, -0.05) is 6.07 Å². The first-order valence-electron chi connectivity index (χ1n) is 6.21. The maximum absolute atomic E-state index is 12.0. The Labute approximate surface area is 122 Å². The summed E-state index contributed by atoms with van der Waals surface area (Å²) in [6.45, 7) is 0.315. The summed E-state index contributed by atoms with van der Waals surface area (Å²) in [5.74, 6) is 0.951. The highest BCUT2D eigenvalue weighted by Crippen LogP contribution is 2.27. The zero-order chi connectivity index (χ0) is 15.2. The Kier molecular flexibility index (Phi) is 4.55. The summed E-state index contributed by atoms with van der Waals surface area (Å²) in [6, 6.07) is 5.40. The molecule has 3 N–H and O–H groups in total. The molecule has 0 atom stereocenters. The van der Waals surface area contributed by atoms with Crippen molar-refractivity contribution >= 4 is 11.7 Å². The van der Waals surface area contributed by atoms with E-state index in [1.54, 1.807) is 26.4 Å². The fourth-order valence-electron chi connectivity index (χ4n) is 1.78. The quantitative estimate of drug-likeness (QED) is 0.851. The molecule has 1 amide bonds. The molecule has 0 unspecified atom stereocenters. The van der Waals surface area contributed by atoms with Gasteiger partial charge in [-0.3, -0.25) is 4.79 Å². The molecule has 2 rings (SSSR count). The highest BCUT2D eigenvalue weighted by Gasteiger charge is 2.12. The van der Waals surface area contributed by atoms with Gasteiger partial charge in [0, 0.05) is 18.9 Å². The van der Waals surface area contributed by atoms with Crippen molar-refractivity contribution < 1.29 is 14.3 Å². The molecule has 1 aromatic heterocycles. The summed E-state index contributed by atoms with van der Waals surface area (Å²) in [6.07, 6.45) is 2.85. The van der Waals surface area contributed by atoms with E-state index in [1.807, 2.05) is 6.07 Å². The van der Waals surface area contributed by atoms with Crippen molar-refractivity contribution in [3.8, 4) is 11.5 Å². The Morgan fingerprint density at radius 2 is 1.90 bits per heavy atom. The van der Waals surface area contributed by atoms with E-state index in [2.05, 4.69) is 15.3 Å². The van der Waals surface area contributed by atoms with Crippen LogP contribution in [0.2, 0.25) is 0 Å². The monoisotopic (exact) mass is 288 g/mol. The third-order valence-electron chi connectivity index (χ3n) is 2.84. The number of rotatable bonds is 5. The molecule has 0 aliphatic heterocycles. The molecule has 0 saturated carbocycles. The normalized spacial score (nSPS) is 10.0. The molecular weight excluding hydrogens is 272 g/mol. The second-order valence-corrected chi connectivity index (χ2v) is 4.16. The second kappa shape index (κ2) is 6.56. The maximum atomic E-state index is 12.0. The standard InChI is InChI=1S/C14H16N4O3/c1-20-10-4-3-9(7-11(10)21-2)8-18-14(19)12-13(15)17-6-5-16-12/h3-7H,8H2,1-2H3,(H2,15,17)(H,18,19). The summed E-state index contributed by atoms with van der Waals surface area (Å²) in [7, 11) is 3.12. The van der Waals surface area contributed by atoms with Gasteiger partial charge in [0.25, 0.3) is 5.91 Å². The number of benzene rings is 1. The van der Waals surface area contributed by atoms with Crippen LogP contribution in [0.3, 0.4) is 0 Å². The van der Waals surface area contributed by atoms with Crippen molar-refractivity contribution in [2.45, 2.75) is 6.54 Å². The van der Waals surface area contributed by atoms with Gasteiger partial charge in [0.15, 0.2) is 23.0 Å². The van der Waals surface area contributed by atoms with Gasteiger partial charge in [0.05, 0.1) is 14.2 Å². The molecule has 0 aliphatic rings. The molecule has 21 heavy (non-hydrogen) atoms. The molecule has 0 spiro atoms. The summed E-state index contributed by atoms with van der Waals surface area (Å²) in [5, 5.41) is 2.73. The Hall–Kier alpha value is -2.83. The lowest BCUT2D eigenvalue weighted by Gasteiger charge is -2.10. The molecule has 2 aromatic rings. The van der Waals surface area contributed by atoms with E-state index >= 15 is 0 Å². The maximum Gasteiger partial charge on any atom is 0.273 e. The van der Waals surface area contributed by atoms with Crippen LogP contribution in [0.25, 0.3) is 0 Å². The predicted octanol–water partition coefficient (Wildman–Crippen LogP) is 1.01. The number of ether oxygens (including phenoxy) is 2. The lowest BCUT2D eigenvalue weighted by molar-refractivity contribution is 0.0946. The second-order valence-electron chi connectivity index (χ2n) is 4.16. The van der Waals surface area contributed by atoms with E-state index in [4.69, 9.17) is 15.2 Å². The van der Waals surface area contributed by atoms with Crippen LogP contribution in [-0.2, 0) is 6.54 Å². The van der Waals surface area contributed by atoms with E-state index in [-0.39, 0.29) is 17.4 Å². The zero-order valence-corrected chi connectivity index (χ0v) is 11.8. The number of hydrogen-bond acceptors (Lipinski definition) is 6. The van der Waals surface area contributed by atoms with E-state index < -0.39 is 0 Å². The molecule has 0 fully saturated rings.